The maximum Gasteiger partial charge on any atom is 0.257 e. The minimum Gasteiger partial charge on any atom is -0.298 e. The molecule has 1 aliphatic carbocycles. The van der Waals surface area contributed by atoms with Gasteiger partial charge in [-0.1, -0.05) is 61.6 Å². The van der Waals surface area contributed by atoms with Gasteiger partial charge >= 0.3 is 0 Å². The Kier molecular flexibility index (Phi) is 5.08. The summed E-state index contributed by atoms with van der Waals surface area (Å²) in [5, 5.41) is 5.76. The summed E-state index contributed by atoms with van der Waals surface area (Å²) in [7, 11) is -3.56. The van der Waals surface area contributed by atoms with Crippen LogP contribution >= 0.6 is 11.3 Å². The van der Waals surface area contributed by atoms with Gasteiger partial charge in [-0.3, -0.25) is 10.1 Å². The second-order valence-corrected chi connectivity index (χ2v) is 10.4. The van der Waals surface area contributed by atoms with Crippen LogP contribution in [0.4, 0.5) is 5.13 Å². The molecule has 0 aliphatic heterocycles. The van der Waals surface area contributed by atoms with Crippen molar-refractivity contribution >= 4 is 43.2 Å². The van der Waals surface area contributed by atoms with E-state index in [1.54, 1.807) is 13.8 Å². The van der Waals surface area contributed by atoms with E-state index in [4.69, 9.17) is 0 Å². The van der Waals surface area contributed by atoms with Crippen LogP contribution in [-0.2, 0) is 10.0 Å². The predicted octanol–water partition coefficient (Wildman–Crippen LogP) is 5.23. The molecule has 1 aliphatic rings. The van der Waals surface area contributed by atoms with Gasteiger partial charge in [-0.25, -0.2) is 13.4 Å². The molecule has 3 aromatic carbocycles. The molecule has 0 fully saturated rings. The maximum atomic E-state index is 12.8. The van der Waals surface area contributed by atoms with Gasteiger partial charge in [0.1, 0.15) is 0 Å². The Morgan fingerprint density at radius 1 is 0.969 bits per heavy atom. The number of fused-ring (bicyclic) bond motifs is 3. The summed E-state index contributed by atoms with van der Waals surface area (Å²) < 4.78 is 26.7. The number of carbonyl (C=O) groups excluding carboxylic acids is 1. The van der Waals surface area contributed by atoms with Gasteiger partial charge in [0, 0.05) is 29.8 Å². The lowest BCUT2D eigenvalue weighted by atomic mass is 10.0. The maximum absolute atomic E-state index is 12.8. The van der Waals surface area contributed by atoms with Crippen molar-refractivity contribution in [3.63, 3.8) is 0 Å². The normalized spacial score (nSPS) is 12.3. The highest BCUT2D eigenvalue weighted by molar-refractivity contribution is 7.89. The molecule has 6 nitrogen and oxygen atoms in total. The summed E-state index contributed by atoms with van der Waals surface area (Å²) in [4.78, 5) is 18.7. The van der Waals surface area contributed by atoms with Crippen LogP contribution in [0.2, 0.25) is 0 Å². The van der Waals surface area contributed by atoms with Crippen LogP contribution in [0.25, 0.3) is 32.5 Å². The summed E-state index contributed by atoms with van der Waals surface area (Å²) in [6.45, 7) is 4.39. The number of rotatable bonds is 6. The Morgan fingerprint density at radius 2 is 1.62 bits per heavy atom. The van der Waals surface area contributed by atoms with Crippen LogP contribution in [-0.4, -0.2) is 36.7 Å². The lowest BCUT2D eigenvalue weighted by Crippen LogP contribution is -2.30. The largest absolute Gasteiger partial charge is 0.298 e. The fourth-order valence-electron chi connectivity index (χ4n) is 4.13. The van der Waals surface area contributed by atoms with E-state index in [-0.39, 0.29) is 10.8 Å². The van der Waals surface area contributed by atoms with Crippen molar-refractivity contribution in [1.29, 1.82) is 0 Å². The number of hydrogen-bond acceptors (Lipinski definition) is 5. The first-order valence-electron chi connectivity index (χ1n) is 10.4. The Hall–Kier alpha value is -3.07. The lowest BCUT2D eigenvalue weighted by molar-refractivity contribution is 0.102. The molecule has 1 aromatic heterocycles. The van der Waals surface area contributed by atoms with Crippen molar-refractivity contribution < 1.29 is 13.2 Å². The van der Waals surface area contributed by atoms with Crippen LogP contribution in [0, 0.1) is 0 Å². The van der Waals surface area contributed by atoms with E-state index in [2.05, 4.69) is 34.6 Å². The summed E-state index contributed by atoms with van der Waals surface area (Å²) >= 11 is 1.45. The van der Waals surface area contributed by atoms with Gasteiger partial charge in [-0.2, -0.15) is 4.31 Å². The Balaban J connectivity index is 1.39. The smallest absolute Gasteiger partial charge is 0.257 e. The number of amides is 1. The number of anilines is 1. The molecule has 32 heavy (non-hydrogen) atoms. The summed E-state index contributed by atoms with van der Waals surface area (Å²) in [5.41, 5.74) is 3.48. The number of thiazole rings is 1. The van der Waals surface area contributed by atoms with Crippen molar-refractivity contribution in [3.05, 3.63) is 66.2 Å². The molecule has 4 aromatic rings. The molecule has 0 atom stereocenters. The highest BCUT2D eigenvalue weighted by Crippen LogP contribution is 2.50. The summed E-state index contributed by atoms with van der Waals surface area (Å²) in [5.74, 6) is -0.323. The van der Waals surface area contributed by atoms with Crippen molar-refractivity contribution in [2.24, 2.45) is 0 Å². The van der Waals surface area contributed by atoms with Gasteiger partial charge in [0.2, 0.25) is 10.0 Å². The Morgan fingerprint density at radius 3 is 2.28 bits per heavy atom. The van der Waals surface area contributed by atoms with E-state index in [1.807, 2.05) is 12.1 Å². The molecule has 0 saturated heterocycles. The Bertz CT molecular complexity index is 1400. The SMILES string of the molecule is CCN(CC)S(=O)(=O)c1ccc(C(=O)Nc2nc3c(s2)-c2cccc4cccc-3c24)cc1. The van der Waals surface area contributed by atoms with Crippen LogP contribution in [0.5, 0.6) is 0 Å². The van der Waals surface area contributed by atoms with Gasteiger partial charge in [0.15, 0.2) is 5.13 Å². The number of sulfonamides is 1. The van der Waals surface area contributed by atoms with Gasteiger partial charge in [-0.15, -0.1) is 0 Å². The van der Waals surface area contributed by atoms with Crippen molar-refractivity contribution in [2.75, 3.05) is 18.4 Å². The highest BCUT2D eigenvalue weighted by Gasteiger charge is 2.26. The second-order valence-electron chi connectivity index (χ2n) is 7.47. The van der Waals surface area contributed by atoms with E-state index in [0.717, 1.165) is 21.7 Å². The molecule has 1 amide bonds. The lowest BCUT2D eigenvalue weighted by Gasteiger charge is -2.18. The average Bonchev–Trinajstić information content (AvgIpc) is 3.34. The third-order valence-electron chi connectivity index (χ3n) is 5.71. The fourth-order valence-corrected chi connectivity index (χ4v) is 6.59. The molecular weight excluding hydrogens is 442 g/mol. The monoisotopic (exact) mass is 463 g/mol. The van der Waals surface area contributed by atoms with E-state index >= 15 is 0 Å². The molecule has 8 heteroatoms. The third-order valence-corrected chi connectivity index (χ3v) is 8.78. The molecule has 0 bridgehead atoms. The molecule has 5 rings (SSSR count). The van der Waals surface area contributed by atoms with Gasteiger partial charge in [0.05, 0.1) is 15.5 Å². The number of nitrogens with one attached hydrogen (secondary N) is 1. The third kappa shape index (κ3) is 3.23. The van der Waals surface area contributed by atoms with E-state index in [1.165, 1.54) is 50.7 Å². The standard InChI is InChI=1S/C24H21N3O3S2/c1-3-27(4-2)32(29,30)17-13-11-16(12-14-17)23(28)26-24-25-21-18-9-5-7-15-8-6-10-19(20(15)18)22(21)31-24/h5-14H,3-4H2,1-2H3,(H,25,26,28). The van der Waals surface area contributed by atoms with Gasteiger partial charge < -0.3 is 0 Å². The predicted molar refractivity (Wildman–Crippen MR) is 129 cm³/mol. The zero-order valence-electron chi connectivity index (χ0n) is 17.6. The number of benzene rings is 3. The van der Waals surface area contributed by atoms with Crippen molar-refractivity contribution in [2.45, 2.75) is 18.7 Å². The molecule has 0 spiro atoms. The number of nitrogens with zero attached hydrogens (tertiary/aromatic N) is 2. The zero-order chi connectivity index (χ0) is 22.5. The van der Waals surface area contributed by atoms with E-state index in [9.17, 15) is 13.2 Å². The fraction of sp³-hybridized carbons (Fsp3) is 0.167. The summed E-state index contributed by atoms with van der Waals surface area (Å²) in [6, 6.07) is 18.4. The van der Waals surface area contributed by atoms with Crippen molar-refractivity contribution in [3.8, 4) is 21.7 Å². The second kappa shape index (κ2) is 7.81. The van der Waals surface area contributed by atoms with E-state index < -0.39 is 10.0 Å². The van der Waals surface area contributed by atoms with Crippen LogP contribution < -0.4 is 5.32 Å². The average molecular weight is 464 g/mol. The molecule has 0 radical (unpaired) electrons. The first kappa shape index (κ1) is 20.8. The molecule has 1 N–H and O–H groups in total. The quantitative estimate of drug-likeness (QED) is 0.374. The number of aromatic nitrogens is 1. The molecule has 162 valence electrons. The topological polar surface area (TPSA) is 79.4 Å². The molecule has 1 heterocycles. The van der Waals surface area contributed by atoms with E-state index in [0.29, 0.717) is 23.8 Å². The highest BCUT2D eigenvalue weighted by atomic mass is 32.2. The first-order valence-corrected chi connectivity index (χ1v) is 12.6. The molecule has 0 saturated carbocycles. The van der Waals surface area contributed by atoms with Crippen molar-refractivity contribution in [1.82, 2.24) is 9.29 Å². The zero-order valence-corrected chi connectivity index (χ0v) is 19.3. The number of carbonyl (C=O) groups is 1. The van der Waals surface area contributed by atoms with Crippen LogP contribution in [0.3, 0.4) is 0 Å². The van der Waals surface area contributed by atoms with Crippen LogP contribution in [0.1, 0.15) is 24.2 Å². The van der Waals surface area contributed by atoms with Crippen LogP contribution in [0.15, 0.2) is 65.6 Å². The molecular formula is C24H21N3O3S2. The minimum atomic E-state index is -3.56. The Labute approximate surface area is 190 Å². The molecule has 0 unspecified atom stereocenters. The summed E-state index contributed by atoms with van der Waals surface area (Å²) in [6.07, 6.45) is 0. The number of hydrogen-bond donors (Lipinski definition) is 1. The van der Waals surface area contributed by atoms with Gasteiger partial charge in [-0.05, 0) is 35.0 Å². The first-order chi connectivity index (χ1) is 15.4. The minimum absolute atomic E-state index is 0.177. The van der Waals surface area contributed by atoms with Gasteiger partial charge in [0.25, 0.3) is 5.91 Å².